The van der Waals surface area contributed by atoms with E-state index in [9.17, 15) is 8.42 Å². The molecule has 0 aliphatic heterocycles. The second kappa shape index (κ2) is 6.56. The van der Waals surface area contributed by atoms with Crippen LogP contribution < -0.4 is 4.72 Å². The van der Waals surface area contributed by atoms with Gasteiger partial charge in [0.2, 0.25) is 10.0 Å². The lowest BCUT2D eigenvalue weighted by molar-refractivity contribution is 0.594. The van der Waals surface area contributed by atoms with Crippen LogP contribution in [0.3, 0.4) is 0 Å². The zero-order chi connectivity index (χ0) is 11.0. The lowest BCUT2D eigenvalue weighted by Gasteiger charge is -1.89. The number of benzene rings is 1. The molecule has 0 heterocycles. The summed E-state index contributed by atoms with van der Waals surface area (Å²) in [6.07, 6.45) is 2.24. The molecule has 80 valence electrons. The van der Waals surface area contributed by atoms with E-state index in [0.29, 0.717) is 0 Å². The molecule has 0 saturated heterocycles. The van der Waals surface area contributed by atoms with Crippen molar-refractivity contribution in [2.45, 2.75) is 13.3 Å². The van der Waals surface area contributed by atoms with E-state index in [1.165, 1.54) is 12.6 Å². The maximum absolute atomic E-state index is 9.89. The van der Waals surface area contributed by atoms with Crippen LogP contribution in [0.1, 0.15) is 12.5 Å². The fourth-order valence-corrected chi connectivity index (χ4v) is 0.714. The maximum atomic E-state index is 9.89. The number of hydrogen-bond acceptors (Lipinski definition) is 2. The lowest BCUT2D eigenvalue weighted by Crippen LogP contribution is -2.15. The third-order valence-corrected chi connectivity index (χ3v) is 2.36. The molecule has 0 spiro atoms. The Hall–Kier alpha value is -0.870. The number of aryl methyl sites for hydroxylation is 1. The SMILES string of the molecule is CCc1ccccc1.CNS(C)(=O)=O. The van der Waals surface area contributed by atoms with Gasteiger partial charge in [-0.1, -0.05) is 37.3 Å². The Kier molecular flexibility index (Phi) is 6.16. The van der Waals surface area contributed by atoms with E-state index < -0.39 is 10.0 Å². The molecule has 0 radical (unpaired) electrons. The molecule has 3 nitrogen and oxygen atoms in total. The summed E-state index contributed by atoms with van der Waals surface area (Å²) in [4.78, 5) is 0. The van der Waals surface area contributed by atoms with Crippen molar-refractivity contribution in [1.82, 2.24) is 4.72 Å². The molecular formula is C10H17NO2S. The first-order chi connectivity index (χ1) is 6.49. The Morgan fingerprint density at radius 3 is 1.86 bits per heavy atom. The van der Waals surface area contributed by atoms with Crippen LogP contribution >= 0.6 is 0 Å². The third-order valence-electron chi connectivity index (χ3n) is 1.62. The minimum absolute atomic E-state index is 1.10. The van der Waals surface area contributed by atoms with E-state index in [1.807, 2.05) is 6.07 Å². The highest BCUT2D eigenvalue weighted by atomic mass is 32.2. The highest BCUT2D eigenvalue weighted by molar-refractivity contribution is 7.88. The van der Waals surface area contributed by atoms with Gasteiger partial charge in [-0.3, -0.25) is 0 Å². The van der Waals surface area contributed by atoms with Crippen LogP contribution in [-0.2, 0) is 16.4 Å². The van der Waals surface area contributed by atoms with Crippen LogP contribution in [0.4, 0.5) is 0 Å². The molecule has 0 atom stereocenters. The van der Waals surface area contributed by atoms with Crippen molar-refractivity contribution in [1.29, 1.82) is 0 Å². The zero-order valence-corrected chi connectivity index (χ0v) is 9.64. The second-order valence-corrected chi connectivity index (χ2v) is 4.77. The van der Waals surface area contributed by atoms with Crippen molar-refractivity contribution < 1.29 is 8.42 Å². The summed E-state index contributed by atoms with van der Waals surface area (Å²) >= 11 is 0. The molecule has 1 N–H and O–H groups in total. The van der Waals surface area contributed by atoms with Crippen molar-refractivity contribution >= 4 is 10.0 Å². The number of sulfonamides is 1. The van der Waals surface area contributed by atoms with Gasteiger partial charge in [-0.15, -0.1) is 0 Å². The number of hydrogen-bond donors (Lipinski definition) is 1. The van der Waals surface area contributed by atoms with Crippen LogP contribution in [-0.4, -0.2) is 21.7 Å². The van der Waals surface area contributed by atoms with Crippen LogP contribution in [0.2, 0.25) is 0 Å². The van der Waals surface area contributed by atoms with Gasteiger partial charge in [-0.2, -0.15) is 0 Å². The van der Waals surface area contributed by atoms with E-state index in [0.717, 1.165) is 12.7 Å². The van der Waals surface area contributed by atoms with Gasteiger partial charge in [-0.05, 0) is 19.0 Å². The van der Waals surface area contributed by atoms with Gasteiger partial charge in [0.1, 0.15) is 0 Å². The molecule has 0 fully saturated rings. The minimum atomic E-state index is -2.91. The summed E-state index contributed by atoms with van der Waals surface area (Å²) in [6, 6.07) is 10.5. The molecule has 0 amide bonds. The van der Waals surface area contributed by atoms with Gasteiger partial charge in [0.05, 0.1) is 6.26 Å². The molecule has 4 heteroatoms. The normalized spacial score (nSPS) is 10.2. The van der Waals surface area contributed by atoms with Crippen molar-refractivity contribution in [2.24, 2.45) is 0 Å². The van der Waals surface area contributed by atoms with Crippen molar-refractivity contribution in [2.75, 3.05) is 13.3 Å². The quantitative estimate of drug-likeness (QED) is 0.811. The first kappa shape index (κ1) is 13.1. The highest BCUT2D eigenvalue weighted by Crippen LogP contribution is 1.96. The lowest BCUT2D eigenvalue weighted by atomic mass is 10.2. The molecule has 0 aromatic heterocycles. The smallest absolute Gasteiger partial charge is 0.208 e. The van der Waals surface area contributed by atoms with E-state index in [2.05, 4.69) is 35.9 Å². The summed E-state index contributed by atoms with van der Waals surface area (Å²) in [7, 11) is -1.54. The van der Waals surface area contributed by atoms with E-state index >= 15 is 0 Å². The predicted octanol–water partition coefficient (Wildman–Crippen LogP) is 1.41. The second-order valence-electron chi connectivity index (χ2n) is 2.82. The Morgan fingerprint density at radius 1 is 1.21 bits per heavy atom. The topological polar surface area (TPSA) is 46.2 Å². The molecule has 1 rings (SSSR count). The molecule has 14 heavy (non-hydrogen) atoms. The average Bonchev–Trinajstić information content (AvgIpc) is 2.19. The molecule has 1 aromatic rings. The fourth-order valence-electron chi connectivity index (χ4n) is 0.714. The first-order valence-electron chi connectivity index (χ1n) is 4.42. The molecule has 1 aromatic carbocycles. The Labute approximate surface area is 86.2 Å². The van der Waals surface area contributed by atoms with Crippen LogP contribution in [0.25, 0.3) is 0 Å². The molecule has 0 aliphatic carbocycles. The monoisotopic (exact) mass is 215 g/mol. The summed E-state index contributed by atoms with van der Waals surface area (Å²) in [5, 5.41) is 0. The summed E-state index contributed by atoms with van der Waals surface area (Å²) in [6.45, 7) is 2.16. The molecule has 0 saturated carbocycles. The van der Waals surface area contributed by atoms with Crippen molar-refractivity contribution in [3.8, 4) is 0 Å². The van der Waals surface area contributed by atoms with Gasteiger partial charge in [0.15, 0.2) is 0 Å². The zero-order valence-electron chi connectivity index (χ0n) is 8.82. The largest absolute Gasteiger partial charge is 0.219 e. The Bertz CT molecular complexity index is 332. The predicted molar refractivity (Wildman–Crippen MR) is 59.7 cm³/mol. The van der Waals surface area contributed by atoms with Gasteiger partial charge < -0.3 is 0 Å². The summed E-state index contributed by atoms with van der Waals surface area (Å²) in [5.74, 6) is 0. The summed E-state index contributed by atoms with van der Waals surface area (Å²) in [5.41, 5.74) is 1.41. The Balaban J connectivity index is 0.000000255. The first-order valence-corrected chi connectivity index (χ1v) is 6.31. The molecule has 0 bridgehead atoms. The standard InChI is InChI=1S/C8H10.C2H7NO2S/c1-2-8-6-4-3-5-7-8;1-3-6(2,4)5/h3-7H,2H2,1H3;3H,1-2H3. The van der Waals surface area contributed by atoms with Gasteiger partial charge >= 0.3 is 0 Å². The maximum Gasteiger partial charge on any atom is 0.208 e. The van der Waals surface area contributed by atoms with Crippen molar-refractivity contribution in [3.63, 3.8) is 0 Å². The van der Waals surface area contributed by atoms with Crippen molar-refractivity contribution in [3.05, 3.63) is 35.9 Å². The van der Waals surface area contributed by atoms with Crippen LogP contribution in [0, 0.1) is 0 Å². The van der Waals surface area contributed by atoms with Gasteiger partial charge in [0, 0.05) is 0 Å². The minimum Gasteiger partial charge on any atom is -0.219 e. The van der Waals surface area contributed by atoms with Crippen LogP contribution in [0.15, 0.2) is 30.3 Å². The Morgan fingerprint density at radius 2 is 1.64 bits per heavy atom. The van der Waals surface area contributed by atoms with Gasteiger partial charge in [0.25, 0.3) is 0 Å². The third kappa shape index (κ3) is 7.76. The molecular weight excluding hydrogens is 198 g/mol. The van der Waals surface area contributed by atoms with E-state index in [1.54, 1.807) is 0 Å². The fraction of sp³-hybridized carbons (Fsp3) is 0.400. The molecule has 0 unspecified atom stereocenters. The number of rotatable bonds is 2. The molecule has 0 aliphatic rings. The van der Waals surface area contributed by atoms with Crippen LogP contribution in [0.5, 0.6) is 0 Å². The van der Waals surface area contributed by atoms with E-state index in [-0.39, 0.29) is 0 Å². The average molecular weight is 215 g/mol. The van der Waals surface area contributed by atoms with Gasteiger partial charge in [-0.25, -0.2) is 13.1 Å². The number of nitrogens with one attached hydrogen (secondary N) is 1. The summed E-state index contributed by atoms with van der Waals surface area (Å²) < 4.78 is 21.9. The highest BCUT2D eigenvalue weighted by Gasteiger charge is 1.88. The van der Waals surface area contributed by atoms with E-state index in [4.69, 9.17) is 0 Å².